The smallest absolute Gasteiger partial charge is 0.416 e. The van der Waals surface area contributed by atoms with E-state index in [1.807, 2.05) is 6.92 Å². The molecule has 0 spiro atoms. The molecule has 0 saturated carbocycles. The number of nitrogens with zero attached hydrogens (tertiary/aromatic N) is 3. The maximum atomic E-state index is 12.7. The number of benzene rings is 2. The van der Waals surface area contributed by atoms with E-state index in [0.717, 1.165) is 23.9 Å². The van der Waals surface area contributed by atoms with Crippen LogP contribution in [0.4, 0.5) is 18.9 Å². The van der Waals surface area contributed by atoms with Crippen molar-refractivity contribution in [1.82, 2.24) is 14.8 Å². The standard InChI is InChI=1S/C23H23F3N4O3S/c1-4-13-30-21(15(2)33-19-11-9-18(32-3)10-12-19)28-29-22(30)34-14-20(31)27-17-7-5-16(6-8-17)23(24,25)26/h4-12,15H,1,13-14H2,2-3H3,(H,27,31). The van der Waals surface area contributed by atoms with E-state index < -0.39 is 17.8 Å². The molecule has 180 valence electrons. The molecule has 0 bridgehead atoms. The summed E-state index contributed by atoms with van der Waals surface area (Å²) in [5.41, 5.74) is -0.510. The first-order valence-corrected chi connectivity index (χ1v) is 11.1. The van der Waals surface area contributed by atoms with Gasteiger partial charge in [0, 0.05) is 12.2 Å². The van der Waals surface area contributed by atoms with E-state index in [0.29, 0.717) is 29.0 Å². The highest BCUT2D eigenvalue weighted by Gasteiger charge is 2.30. The molecule has 3 aromatic rings. The van der Waals surface area contributed by atoms with E-state index in [1.165, 1.54) is 12.1 Å². The monoisotopic (exact) mass is 492 g/mol. The number of thioether (sulfide) groups is 1. The van der Waals surface area contributed by atoms with Gasteiger partial charge in [-0.25, -0.2) is 0 Å². The van der Waals surface area contributed by atoms with Crippen molar-refractivity contribution < 1.29 is 27.4 Å². The molecule has 0 fully saturated rings. The van der Waals surface area contributed by atoms with Gasteiger partial charge in [0.25, 0.3) is 0 Å². The molecule has 11 heteroatoms. The number of methoxy groups -OCH3 is 1. The normalized spacial score (nSPS) is 12.1. The van der Waals surface area contributed by atoms with Crippen LogP contribution >= 0.6 is 11.8 Å². The van der Waals surface area contributed by atoms with Gasteiger partial charge in [-0.1, -0.05) is 17.8 Å². The number of allylic oxidation sites excluding steroid dienone is 1. The molecule has 0 aliphatic rings. The highest BCUT2D eigenvalue weighted by Crippen LogP contribution is 2.30. The van der Waals surface area contributed by atoms with Gasteiger partial charge in [-0.15, -0.1) is 16.8 Å². The minimum Gasteiger partial charge on any atom is -0.497 e. The van der Waals surface area contributed by atoms with E-state index in [1.54, 1.807) is 42.0 Å². The molecule has 0 aliphatic heterocycles. The van der Waals surface area contributed by atoms with Crippen LogP contribution in [-0.4, -0.2) is 33.5 Å². The Morgan fingerprint density at radius 1 is 1.15 bits per heavy atom. The first-order valence-electron chi connectivity index (χ1n) is 10.2. The van der Waals surface area contributed by atoms with Gasteiger partial charge in [-0.05, 0) is 55.5 Å². The Hall–Kier alpha value is -3.47. The molecule has 2 aromatic carbocycles. The lowest BCUT2D eigenvalue weighted by Gasteiger charge is -2.16. The molecular formula is C23H23F3N4O3S. The molecule has 1 heterocycles. The molecule has 1 N–H and O–H groups in total. The largest absolute Gasteiger partial charge is 0.497 e. The second kappa shape index (κ2) is 11.1. The number of hydrogen-bond donors (Lipinski definition) is 1. The number of aromatic nitrogens is 3. The highest BCUT2D eigenvalue weighted by molar-refractivity contribution is 7.99. The lowest BCUT2D eigenvalue weighted by molar-refractivity contribution is -0.137. The zero-order chi connectivity index (χ0) is 24.7. The third-order valence-electron chi connectivity index (χ3n) is 4.62. The van der Waals surface area contributed by atoms with E-state index in [4.69, 9.17) is 9.47 Å². The summed E-state index contributed by atoms with van der Waals surface area (Å²) in [5.74, 6) is 1.50. The van der Waals surface area contributed by atoms with Crippen molar-refractivity contribution in [3.8, 4) is 11.5 Å². The van der Waals surface area contributed by atoms with Gasteiger partial charge in [0.15, 0.2) is 17.1 Å². The second-order valence-electron chi connectivity index (χ2n) is 7.09. The van der Waals surface area contributed by atoms with E-state index >= 15 is 0 Å². The van der Waals surface area contributed by atoms with E-state index in [9.17, 15) is 18.0 Å². The fraction of sp³-hybridized carbons (Fsp3) is 0.261. The van der Waals surface area contributed by atoms with E-state index in [-0.39, 0.29) is 17.3 Å². The Bertz CT molecular complexity index is 1120. The predicted molar refractivity (Wildman–Crippen MR) is 123 cm³/mol. The summed E-state index contributed by atoms with van der Waals surface area (Å²) in [7, 11) is 1.58. The zero-order valence-electron chi connectivity index (χ0n) is 18.5. The molecule has 34 heavy (non-hydrogen) atoms. The van der Waals surface area contributed by atoms with Crippen LogP contribution in [0.2, 0.25) is 0 Å². The van der Waals surface area contributed by atoms with Crippen molar-refractivity contribution in [2.24, 2.45) is 0 Å². The maximum Gasteiger partial charge on any atom is 0.416 e. The molecule has 1 aromatic heterocycles. The Kier molecular flexibility index (Phi) is 8.21. The molecule has 0 aliphatic carbocycles. The lowest BCUT2D eigenvalue weighted by atomic mass is 10.2. The zero-order valence-corrected chi connectivity index (χ0v) is 19.3. The summed E-state index contributed by atoms with van der Waals surface area (Å²) in [5, 5.41) is 11.4. The number of hydrogen-bond acceptors (Lipinski definition) is 6. The van der Waals surface area contributed by atoms with Gasteiger partial charge in [0.05, 0.1) is 18.4 Å². The summed E-state index contributed by atoms with van der Waals surface area (Å²) in [4.78, 5) is 12.3. The molecule has 0 saturated heterocycles. The Morgan fingerprint density at radius 3 is 2.38 bits per heavy atom. The van der Waals surface area contributed by atoms with Crippen molar-refractivity contribution in [2.45, 2.75) is 30.9 Å². The van der Waals surface area contributed by atoms with Gasteiger partial charge in [0.2, 0.25) is 5.91 Å². The quantitative estimate of drug-likeness (QED) is 0.303. The molecular weight excluding hydrogens is 469 g/mol. The second-order valence-corrected chi connectivity index (χ2v) is 8.03. The molecule has 1 atom stereocenters. The van der Waals surface area contributed by atoms with Crippen LogP contribution in [0.5, 0.6) is 11.5 Å². The van der Waals surface area contributed by atoms with Crippen molar-refractivity contribution in [2.75, 3.05) is 18.2 Å². The van der Waals surface area contributed by atoms with Crippen LogP contribution in [0.15, 0.2) is 66.3 Å². The Balaban J connectivity index is 1.63. The fourth-order valence-corrected chi connectivity index (χ4v) is 3.74. The number of halogens is 3. The number of anilines is 1. The summed E-state index contributed by atoms with van der Waals surface area (Å²) in [6.45, 7) is 5.99. The molecule has 1 unspecified atom stereocenters. The van der Waals surface area contributed by atoms with Crippen molar-refractivity contribution in [3.05, 3.63) is 72.6 Å². The number of amides is 1. The summed E-state index contributed by atoms with van der Waals surface area (Å²) >= 11 is 1.15. The van der Waals surface area contributed by atoms with Crippen LogP contribution < -0.4 is 14.8 Å². The van der Waals surface area contributed by atoms with Gasteiger partial charge >= 0.3 is 6.18 Å². The number of carbonyl (C=O) groups is 1. The molecule has 7 nitrogen and oxygen atoms in total. The average molecular weight is 493 g/mol. The topological polar surface area (TPSA) is 78.3 Å². The predicted octanol–water partition coefficient (Wildman–Crippen LogP) is 5.36. The van der Waals surface area contributed by atoms with Crippen molar-refractivity contribution in [3.63, 3.8) is 0 Å². The van der Waals surface area contributed by atoms with Crippen LogP contribution in [0.3, 0.4) is 0 Å². The molecule has 0 radical (unpaired) electrons. The minimum absolute atomic E-state index is 0.00990. The average Bonchev–Trinajstić information content (AvgIpc) is 3.21. The number of alkyl halides is 3. The fourth-order valence-electron chi connectivity index (χ4n) is 2.99. The van der Waals surface area contributed by atoms with Crippen LogP contribution in [0.1, 0.15) is 24.4 Å². The SMILES string of the molecule is C=CCn1c(SCC(=O)Nc2ccc(C(F)(F)F)cc2)nnc1C(C)Oc1ccc(OC)cc1. The Morgan fingerprint density at radius 2 is 1.79 bits per heavy atom. The number of nitrogens with one attached hydrogen (secondary N) is 1. The van der Waals surface area contributed by atoms with Gasteiger partial charge < -0.3 is 14.8 Å². The number of carbonyl (C=O) groups excluding carboxylic acids is 1. The summed E-state index contributed by atoms with van der Waals surface area (Å²) in [6, 6.07) is 11.4. The maximum absolute atomic E-state index is 12.7. The lowest BCUT2D eigenvalue weighted by Crippen LogP contribution is -2.16. The summed E-state index contributed by atoms with van der Waals surface area (Å²) in [6.07, 6.45) is -3.19. The van der Waals surface area contributed by atoms with Crippen LogP contribution in [0, 0.1) is 0 Å². The summed E-state index contributed by atoms with van der Waals surface area (Å²) < 4.78 is 50.9. The highest BCUT2D eigenvalue weighted by atomic mass is 32.2. The van der Waals surface area contributed by atoms with Gasteiger partial charge in [0.1, 0.15) is 11.5 Å². The van der Waals surface area contributed by atoms with Crippen molar-refractivity contribution in [1.29, 1.82) is 0 Å². The third kappa shape index (κ3) is 6.53. The van der Waals surface area contributed by atoms with Crippen LogP contribution in [0.25, 0.3) is 0 Å². The minimum atomic E-state index is -4.43. The Labute approximate surface area is 199 Å². The van der Waals surface area contributed by atoms with Gasteiger partial charge in [-0.3, -0.25) is 9.36 Å². The van der Waals surface area contributed by atoms with E-state index in [2.05, 4.69) is 22.1 Å². The molecule has 1 amide bonds. The van der Waals surface area contributed by atoms with Crippen molar-refractivity contribution >= 4 is 23.4 Å². The first kappa shape index (κ1) is 25.2. The number of rotatable bonds is 10. The third-order valence-corrected chi connectivity index (χ3v) is 5.59. The molecule has 3 rings (SSSR count). The van der Waals surface area contributed by atoms with Gasteiger partial charge in [-0.2, -0.15) is 13.2 Å². The van der Waals surface area contributed by atoms with Crippen LogP contribution in [-0.2, 0) is 17.5 Å². The number of ether oxygens (including phenoxy) is 2. The first-order chi connectivity index (χ1) is 16.2.